The van der Waals surface area contributed by atoms with Crippen LogP contribution in [0.2, 0.25) is 0 Å². The lowest BCUT2D eigenvalue weighted by Gasteiger charge is -2.01. The van der Waals surface area contributed by atoms with E-state index >= 15 is 0 Å². The molecule has 0 aliphatic rings. The topological polar surface area (TPSA) is 67.3 Å². The van der Waals surface area contributed by atoms with Crippen LogP contribution in [0.5, 0.6) is 0 Å². The Morgan fingerprint density at radius 2 is 1.71 bits per heavy atom. The molecule has 0 fully saturated rings. The van der Waals surface area contributed by atoms with Crippen molar-refractivity contribution in [1.29, 1.82) is 0 Å². The van der Waals surface area contributed by atoms with E-state index in [1.54, 1.807) is 6.20 Å². The van der Waals surface area contributed by atoms with E-state index in [1.165, 1.54) is 0 Å². The zero-order valence-corrected chi connectivity index (χ0v) is 8.91. The second-order valence-corrected chi connectivity index (χ2v) is 3.56. The van der Waals surface area contributed by atoms with E-state index in [0.29, 0.717) is 5.82 Å². The normalized spacial score (nSPS) is 10.4. The van der Waals surface area contributed by atoms with E-state index in [9.17, 15) is 0 Å². The monoisotopic (exact) mass is 223 g/mol. The number of benzene rings is 1. The van der Waals surface area contributed by atoms with Crippen molar-refractivity contribution in [3.8, 4) is 22.5 Å². The summed E-state index contributed by atoms with van der Waals surface area (Å²) in [6.45, 7) is 0. The second-order valence-electron chi connectivity index (χ2n) is 3.56. The van der Waals surface area contributed by atoms with E-state index < -0.39 is 0 Å². The fourth-order valence-corrected chi connectivity index (χ4v) is 1.63. The van der Waals surface area contributed by atoms with Crippen LogP contribution in [-0.4, -0.2) is 25.6 Å². The number of pyridine rings is 1. The van der Waals surface area contributed by atoms with Gasteiger partial charge in [-0.15, -0.1) is 10.2 Å². The molecule has 3 aromatic rings. The molecule has 0 aliphatic heterocycles. The van der Waals surface area contributed by atoms with Crippen LogP contribution in [0.1, 0.15) is 0 Å². The van der Waals surface area contributed by atoms with Gasteiger partial charge in [0.2, 0.25) is 5.82 Å². The predicted molar refractivity (Wildman–Crippen MR) is 62.8 cm³/mol. The van der Waals surface area contributed by atoms with Gasteiger partial charge in [-0.3, -0.25) is 4.98 Å². The number of tetrazole rings is 1. The molecule has 82 valence electrons. The molecule has 5 nitrogen and oxygen atoms in total. The Balaban J connectivity index is 2.06. The van der Waals surface area contributed by atoms with Crippen LogP contribution in [0.4, 0.5) is 0 Å². The Morgan fingerprint density at radius 3 is 2.47 bits per heavy atom. The summed E-state index contributed by atoms with van der Waals surface area (Å²) in [7, 11) is 0. The van der Waals surface area contributed by atoms with Crippen LogP contribution in [0.15, 0.2) is 48.8 Å². The van der Waals surface area contributed by atoms with E-state index in [4.69, 9.17) is 0 Å². The van der Waals surface area contributed by atoms with Gasteiger partial charge >= 0.3 is 0 Å². The summed E-state index contributed by atoms with van der Waals surface area (Å²) in [6, 6.07) is 12.0. The molecule has 0 aliphatic carbocycles. The number of nitrogens with one attached hydrogen (secondary N) is 1. The largest absolute Gasteiger partial charge is 0.263 e. The van der Waals surface area contributed by atoms with Gasteiger partial charge in [0, 0.05) is 23.5 Å². The first kappa shape index (κ1) is 9.65. The Labute approximate surface area is 97.5 Å². The molecule has 0 saturated heterocycles. The Morgan fingerprint density at radius 1 is 0.882 bits per heavy atom. The lowest BCUT2D eigenvalue weighted by atomic mass is 10.1. The first-order chi connectivity index (χ1) is 8.43. The molecular formula is C12H9N5. The quantitative estimate of drug-likeness (QED) is 0.720. The van der Waals surface area contributed by atoms with Gasteiger partial charge in [0.25, 0.3) is 0 Å². The van der Waals surface area contributed by atoms with Crippen molar-refractivity contribution in [1.82, 2.24) is 25.6 Å². The van der Waals surface area contributed by atoms with E-state index in [-0.39, 0.29) is 0 Å². The molecule has 17 heavy (non-hydrogen) atoms. The number of rotatable bonds is 2. The summed E-state index contributed by atoms with van der Waals surface area (Å²) in [5.41, 5.74) is 3.00. The molecule has 0 radical (unpaired) electrons. The lowest BCUT2D eigenvalue weighted by Crippen LogP contribution is -1.85. The van der Waals surface area contributed by atoms with Crippen molar-refractivity contribution in [2.45, 2.75) is 0 Å². The average Bonchev–Trinajstić information content (AvgIpc) is 2.94. The molecule has 0 amide bonds. The number of H-pyrrole nitrogens is 1. The summed E-state index contributed by atoms with van der Waals surface area (Å²) >= 11 is 0. The number of aromatic nitrogens is 5. The molecule has 0 spiro atoms. The number of hydrogen-bond donors (Lipinski definition) is 1. The van der Waals surface area contributed by atoms with E-state index in [1.807, 2.05) is 42.6 Å². The van der Waals surface area contributed by atoms with Gasteiger partial charge in [-0.1, -0.05) is 30.3 Å². The number of nitrogens with zero attached hydrogens (tertiary/aromatic N) is 4. The van der Waals surface area contributed by atoms with Crippen molar-refractivity contribution < 1.29 is 0 Å². The van der Waals surface area contributed by atoms with Gasteiger partial charge < -0.3 is 0 Å². The molecule has 0 unspecified atom stereocenters. The molecule has 1 aromatic carbocycles. The minimum atomic E-state index is 0.551. The summed E-state index contributed by atoms with van der Waals surface area (Å²) in [5.74, 6) is 0.551. The van der Waals surface area contributed by atoms with Crippen molar-refractivity contribution >= 4 is 0 Å². The maximum absolute atomic E-state index is 4.20. The maximum atomic E-state index is 4.20. The highest BCUT2D eigenvalue weighted by Gasteiger charge is 2.05. The van der Waals surface area contributed by atoms with Crippen LogP contribution in [0.25, 0.3) is 22.5 Å². The maximum Gasteiger partial charge on any atom is 0.206 e. The molecule has 1 N–H and O–H groups in total. The summed E-state index contributed by atoms with van der Waals surface area (Å²) in [4.78, 5) is 4.20. The highest BCUT2D eigenvalue weighted by atomic mass is 15.5. The smallest absolute Gasteiger partial charge is 0.206 e. The molecule has 0 saturated carbocycles. The van der Waals surface area contributed by atoms with Gasteiger partial charge in [0.1, 0.15) is 0 Å². The van der Waals surface area contributed by atoms with Gasteiger partial charge in [-0.2, -0.15) is 5.21 Å². The average molecular weight is 223 g/mol. The highest BCUT2D eigenvalue weighted by molar-refractivity contribution is 5.68. The van der Waals surface area contributed by atoms with Crippen molar-refractivity contribution in [3.63, 3.8) is 0 Å². The van der Waals surface area contributed by atoms with Gasteiger partial charge in [0.05, 0.1) is 0 Å². The molecule has 0 bridgehead atoms. The van der Waals surface area contributed by atoms with Crippen LogP contribution in [0.3, 0.4) is 0 Å². The SMILES string of the molecule is c1ccc(-c2cncc(-c3nn[nH]n3)c2)cc1. The molecular weight excluding hydrogens is 214 g/mol. The number of hydrogen-bond acceptors (Lipinski definition) is 4. The first-order valence-corrected chi connectivity index (χ1v) is 5.18. The Hall–Kier alpha value is -2.56. The highest BCUT2D eigenvalue weighted by Crippen LogP contribution is 2.22. The third-order valence-electron chi connectivity index (χ3n) is 2.45. The second kappa shape index (κ2) is 4.13. The van der Waals surface area contributed by atoms with Crippen LogP contribution < -0.4 is 0 Å². The number of aromatic amines is 1. The van der Waals surface area contributed by atoms with Crippen LogP contribution in [-0.2, 0) is 0 Å². The zero-order chi connectivity index (χ0) is 11.5. The molecule has 2 aromatic heterocycles. The summed E-state index contributed by atoms with van der Waals surface area (Å²) < 4.78 is 0. The standard InChI is InChI=1S/C12H9N5/c1-2-4-9(5-3-1)10-6-11(8-13-7-10)12-14-16-17-15-12/h1-8H,(H,14,15,16,17). The van der Waals surface area contributed by atoms with Gasteiger partial charge in [-0.05, 0) is 16.8 Å². The molecule has 0 atom stereocenters. The minimum Gasteiger partial charge on any atom is -0.263 e. The Bertz CT molecular complexity index is 604. The fraction of sp³-hybridized carbons (Fsp3) is 0. The summed E-state index contributed by atoms with van der Waals surface area (Å²) in [5, 5.41) is 13.8. The summed E-state index contributed by atoms with van der Waals surface area (Å²) in [6.07, 6.45) is 3.54. The minimum absolute atomic E-state index is 0.551. The fourth-order valence-electron chi connectivity index (χ4n) is 1.63. The Kier molecular flexibility index (Phi) is 2.34. The van der Waals surface area contributed by atoms with E-state index in [0.717, 1.165) is 16.7 Å². The lowest BCUT2D eigenvalue weighted by molar-refractivity contribution is 0.881. The molecule has 2 heterocycles. The van der Waals surface area contributed by atoms with E-state index in [2.05, 4.69) is 25.6 Å². The third-order valence-corrected chi connectivity index (χ3v) is 2.45. The van der Waals surface area contributed by atoms with Crippen LogP contribution >= 0.6 is 0 Å². The van der Waals surface area contributed by atoms with Gasteiger partial charge in [0.15, 0.2) is 0 Å². The van der Waals surface area contributed by atoms with Crippen molar-refractivity contribution in [3.05, 3.63) is 48.8 Å². The molecule has 3 rings (SSSR count). The van der Waals surface area contributed by atoms with Crippen LogP contribution in [0, 0.1) is 0 Å². The third kappa shape index (κ3) is 1.90. The van der Waals surface area contributed by atoms with Crippen molar-refractivity contribution in [2.24, 2.45) is 0 Å². The first-order valence-electron chi connectivity index (χ1n) is 5.18. The van der Waals surface area contributed by atoms with Crippen molar-refractivity contribution in [2.75, 3.05) is 0 Å². The van der Waals surface area contributed by atoms with Gasteiger partial charge in [-0.25, -0.2) is 0 Å². The zero-order valence-electron chi connectivity index (χ0n) is 8.91. The molecule has 5 heteroatoms. The predicted octanol–water partition coefficient (Wildman–Crippen LogP) is 1.93.